The van der Waals surface area contributed by atoms with Gasteiger partial charge in [-0.05, 0) is 244 Å². The van der Waals surface area contributed by atoms with E-state index in [1.54, 1.807) is 0 Å². The average molecular weight is 1270 g/mol. The number of fused-ring (bicyclic) bond motifs is 7. The van der Waals surface area contributed by atoms with Crippen molar-refractivity contribution in [3.63, 3.8) is 0 Å². The van der Waals surface area contributed by atoms with Gasteiger partial charge in [0.25, 0.3) is 6.71 Å². The zero-order valence-corrected chi connectivity index (χ0v) is 61.6. The molecule has 3 heterocycles. The fraction of sp³-hybridized carbons (Fsp3) is 0.298. The minimum absolute atomic E-state index is 0.0134. The summed E-state index contributed by atoms with van der Waals surface area (Å²) >= 11 is 0. The number of nitrogens with zero attached hydrogens (tertiary/aromatic N) is 1. The molecule has 3 heteroatoms. The summed E-state index contributed by atoms with van der Waals surface area (Å²) in [6.45, 7) is 48.6. The number of rotatable bonds is 7. The van der Waals surface area contributed by atoms with E-state index in [9.17, 15) is 0 Å². The van der Waals surface area contributed by atoms with Gasteiger partial charge in [-0.25, -0.2) is 0 Å². The van der Waals surface area contributed by atoms with Crippen molar-refractivity contribution in [1.29, 1.82) is 0 Å². The molecule has 0 fully saturated rings. The first-order valence-electron chi connectivity index (χ1n) is 35.5. The Kier molecular flexibility index (Phi) is 15.4. The summed E-state index contributed by atoms with van der Waals surface area (Å²) in [6.07, 6.45) is 0. The second-order valence-corrected chi connectivity index (χ2v) is 35.6. The molecule has 97 heavy (non-hydrogen) atoms. The lowest BCUT2D eigenvalue weighted by Crippen LogP contribution is -2.58. The molecule has 1 aromatic heterocycles. The van der Waals surface area contributed by atoms with E-state index in [-0.39, 0.29) is 44.6 Å². The topological polar surface area (TPSA) is 14.2 Å². The lowest BCUT2D eigenvalue weighted by atomic mass is 9.34. The van der Waals surface area contributed by atoms with E-state index in [1.807, 2.05) is 0 Å². The average Bonchev–Trinajstić information content (AvgIpc) is 1.63. The van der Waals surface area contributed by atoms with Gasteiger partial charge in [-0.3, -0.25) is 0 Å². The van der Waals surface area contributed by atoms with Crippen molar-refractivity contribution >= 4 is 44.9 Å². The highest BCUT2D eigenvalue weighted by Gasteiger charge is 2.43. The molecule has 0 radical (unpaired) electrons. The molecule has 11 aromatic carbocycles. The Bertz CT molecular complexity index is 4760. The van der Waals surface area contributed by atoms with Crippen molar-refractivity contribution in [3.05, 3.63) is 251 Å². The van der Waals surface area contributed by atoms with E-state index in [1.165, 1.54) is 122 Å². The van der Waals surface area contributed by atoms with E-state index in [2.05, 4.69) is 362 Å². The van der Waals surface area contributed by atoms with Crippen LogP contribution in [-0.4, -0.2) is 11.3 Å². The van der Waals surface area contributed by atoms with Gasteiger partial charge >= 0.3 is 0 Å². The quantitative estimate of drug-likeness (QED) is 0.145. The fourth-order valence-corrected chi connectivity index (χ4v) is 15.0. The number of hydrogen-bond donors (Lipinski definition) is 0. The molecule has 14 rings (SSSR count). The second-order valence-electron chi connectivity index (χ2n) is 35.6. The van der Waals surface area contributed by atoms with Gasteiger partial charge in [-0.2, -0.15) is 0 Å². The molecule has 0 aliphatic carbocycles. The van der Waals surface area contributed by atoms with Crippen molar-refractivity contribution < 1.29 is 4.74 Å². The van der Waals surface area contributed by atoms with Gasteiger partial charge in [0.15, 0.2) is 0 Å². The van der Waals surface area contributed by atoms with Crippen LogP contribution in [0.15, 0.2) is 212 Å². The van der Waals surface area contributed by atoms with Crippen LogP contribution < -0.4 is 21.1 Å². The molecule has 0 amide bonds. The van der Waals surface area contributed by atoms with E-state index >= 15 is 0 Å². The molecule has 0 unspecified atom stereocenters. The molecule has 0 bridgehead atoms. The molecule has 2 aliphatic rings. The third-order valence-corrected chi connectivity index (χ3v) is 21.2. The maximum Gasteiger partial charge on any atom is 0.256 e. The number of benzene rings is 11. The normalized spacial score (nSPS) is 13.5. The van der Waals surface area contributed by atoms with Crippen LogP contribution in [0.4, 0.5) is 0 Å². The number of hydrogen-bond acceptors (Lipinski definition) is 1. The molecule has 2 aliphatic heterocycles. The highest BCUT2D eigenvalue weighted by molar-refractivity contribution is 6.99. The van der Waals surface area contributed by atoms with Gasteiger partial charge in [0.1, 0.15) is 11.5 Å². The smallest absolute Gasteiger partial charge is 0.256 e. The van der Waals surface area contributed by atoms with Gasteiger partial charge in [0.05, 0.1) is 5.52 Å². The van der Waals surface area contributed by atoms with Crippen molar-refractivity contribution in [2.45, 2.75) is 183 Å². The summed E-state index contributed by atoms with van der Waals surface area (Å²) in [6, 6.07) is 83.3. The van der Waals surface area contributed by atoms with Gasteiger partial charge in [-0.15, -0.1) is 0 Å². The maximum absolute atomic E-state index is 7.63. The molecular weight excluding hydrogens is 1170 g/mol. The van der Waals surface area contributed by atoms with Crippen LogP contribution in [-0.2, 0) is 37.9 Å². The summed E-state index contributed by atoms with van der Waals surface area (Å²) in [5.74, 6) is 1.80. The third kappa shape index (κ3) is 12.0. The lowest BCUT2D eigenvalue weighted by molar-refractivity contribution is 0.486. The highest BCUT2D eigenvalue weighted by atomic mass is 16.5. The Morgan fingerprint density at radius 3 is 1.02 bits per heavy atom. The van der Waals surface area contributed by atoms with Crippen LogP contribution in [0.25, 0.3) is 105 Å². The molecule has 0 saturated heterocycles. The zero-order valence-electron chi connectivity index (χ0n) is 61.6. The summed E-state index contributed by atoms with van der Waals surface area (Å²) in [4.78, 5) is 0. The fourth-order valence-electron chi connectivity index (χ4n) is 15.0. The Labute approximate surface area is 580 Å². The number of aromatic nitrogens is 1. The van der Waals surface area contributed by atoms with E-state index in [0.717, 1.165) is 50.6 Å². The Hall–Kier alpha value is -8.92. The van der Waals surface area contributed by atoms with E-state index < -0.39 is 0 Å². The third-order valence-electron chi connectivity index (χ3n) is 21.2. The minimum Gasteiger partial charge on any atom is -0.458 e. The van der Waals surface area contributed by atoms with Crippen molar-refractivity contribution in [3.8, 4) is 95.1 Å². The monoisotopic (exact) mass is 1270 g/mol. The largest absolute Gasteiger partial charge is 0.458 e. The molecule has 0 saturated carbocycles. The standard InChI is InChI=1S/C94H98BNO/c1-88(2,3)68-33-25-57(26-34-68)61-45-62(58-27-35-69(36-28-58)89(4,5)6)48-65(47-61)75-23-22-24-76(66-49-63(59-29-37-70(38-30-59)90(7,8)9)46-64(50-66)60-31-39-71(40-32-60)91(10,11)12)85(75)67-51-82-86-84(52-67)97-83-44-42-73(93(16,17)18)55-79(83)95(86)80-56-74(94(19,20)21)54-78-77-53-72(92(13,14)15)41-43-81(77)96(82)87(78)80/h22-56H,1-21H3. The predicted octanol–water partition coefficient (Wildman–Crippen LogP) is 24.5. The molecule has 0 atom stereocenters. The first-order chi connectivity index (χ1) is 45.4. The lowest BCUT2D eigenvalue weighted by Gasteiger charge is -2.35. The molecule has 12 aromatic rings. The summed E-state index contributed by atoms with van der Waals surface area (Å²) < 4.78 is 10.3. The van der Waals surface area contributed by atoms with Crippen LogP contribution in [0.5, 0.6) is 11.5 Å². The Balaban J connectivity index is 1.11. The van der Waals surface area contributed by atoms with E-state index in [4.69, 9.17) is 4.74 Å². The van der Waals surface area contributed by atoms with Gasteiger partial charge < -0.3 is 9.30 Å². The van der Waals surface area contributed by atoms with Crippen LogP contribution in [0, 0.1) is 0 Å². The molecule has 0 spiro atoms. The maximum atomic E-state index is 7.63. The first-order valence-corrected chi connectivity index (χ1v) is 35.5. The molecule has 2 nitrogen and oxygen atoms in total. The highest BCUT2D eigenvalue weighted by Crippen LogP contribution is 2.49. The van der Waals surface area contributed by atoms with Crippen LogP contribution >= 0.6 is 0 Å². The Morgan fingerprint density at radius 1 is 0.268 bits per heavy atom. The molecular formula is C94H98BNO. The summed E-state index contributed by atoms with van der Waals surface area (Å²) in [7, 11) is 0. The Morgan fingerprint density at radius 2 is 0.619 bits per heavy atom. The van der Waals surface area contributed by atoms with Crippen LogP contribution in [0.3, 0.4) is 0 Å². The van der Waals surface area contributed by atoms with Gasteiger partial charge in [0.2, 0.25) is 0 Å². The summed E-state index contributed by atoms with van der Waals surface area (Å²) in [5, 5.41) is 2.58. The minimum atomic E-state index is -0.110. The van der Waals surface area contributed by atoms with Crippen molar-refractivity contribution in [2.75, 3.05) is 0 Å². The first kappa shape index (κ1) is 65.4. The summed E-state index contributed by atoms with van der Waals surface area (Å²) in [5.41, 5.74) is 32.7. The predicted molar refractivity (Wildman–Crippen MR) is 421 cm³/mol. The SMILES string of the molecule is CC(C)(C)c1ccc(-c2cc(-c3ccc(C(C)(C)C)cc3)cc(-c3cccc(-c4cc(-c5ccc(C(C)(C)C)cc5)cc(-c5ccc(C(C)(C)C)cc5)c4)c3-c3cc4c5c(c3)-n3c6ccc(C(C)(C)C)cc6c6cc(C(C)(C)C)cc(c63)B5c3cc(C(C)(C)C)ccc3O4)c2)cc1. The molecule has 0 N–H and O–H groups in total. The number of ether oxygens (including phenoxy) is 1. The van der Waals surface area contributed by atoms with Crippen molar-refractivity contribution in [1.82, 2.24) is 4.57 Å². The van der Waals surface area contributed by atoms with Crippen molar-refractivity contribution in [2.24, 2.45) is 0 Å². The van der Waals surface area contributed by atoms with Crippen LogP contribution in [0.2, 0.25) is 0 Å². The van der Waals surface area contributed by atoms with E-state index in [0.29, 0.717) is 0 Å². The van der Waals surface area contributed by atoms with Gasteiger partial charge in [0, 0.05) is 22.0 Å². The second kappa shape index (κ2) is 22.8. The van der Waals surface area contributed by atoms with Gasteiger partial charge in [-0.1, -0.05) is 285 Å². The van der Waals surface area contributed by atoms with Crippen LogP contribution in [0.1, 0.15) is 184 Å². The zero-order chi connectivity index (χ0) is 69.0. The molecule has 488 valence electrons.